The molecule has 116 valence electrons. The normalized spacial score (nSPS) is 16.3. The molecule has 0 saturated carbocycles. The van der Waals surface area contributed by atoms with Crippen LogP contribution in [0.5, 0.6) is 0 Å². The summed E-state index contributed by atoms with van der Waals surface area (Å²) in [6.45, 7) is 6.04. The summed E-state index contributed by atoms with van der Waals surface area (Å²) in [5.74, 6) is 1.27. The third-order valence-electron chi connectivity index (χ3n) is 4.27. The lowest BCUT2D eigenvalue weighted by Crippen LogP contribution is -2.36. The standard InChI is InChI=1S/C18H23N3O/c1-13(2)14-4-3-5-15(10-14)16-11-19-18(20-12-16)21-8-6-17(22)7-9-21/h3-5,10-13,17,22H,6-9H2,1-2H3. The number of aromatic nitrogens is 2. The molecule has 1 aliphatic heterocycles. The molecule has 4 nitrogen and oxygen atoms in total. The van der Waals surface area contributed by atoms with Gasteiger partial charge in [-0.2, -0.15) is 0 Å². The molecule has 2 heterocycles. The van der Waals surface area contributed by atoms with E-state index < -0.39 is 0 Å². The van der Waals surface area contributed by atoms with Crippen LogP contribution in [0.25, 0.3) is 11.1 Å². The predicted molar refractivity (Wildman–Crippen MR) is 89.0 cm³/mol. The van der Waals surface area contributed by atoms with Gasteiger partial charge in [0, 0.05) is 31.0 Å². The lowest BCUT2D eigenvalue weighted by Gasteiger charge is -2.29. The summed E-state index contributed by atoms with van der Waals surface area (Å²) in [7, 11) is 0. The molecule has 0 radical (unpaired) electrons. The fraction of sp³-hybridized carbons (Fsp3) is 0.444. The third kappa shape index (κ3) is 3.28. The Morgan fingerprint density at radius 3 is 2.41 bits per heavy atom. The highest BCUT2D eigenvalue weighted by Gasteiger charge is 2.18. The van der Waals surface area contributed by atoms with Crippen molar-refractivity contribution in [3.8, 4) is 11.1 Å². The fourth-order valence-corrected chi connectivity index (χ4v) is 2.78. The highest BCUT2D eigenvalue weighted by atomic mass is 16.3. The number of hydrogen-bond acceptors (Lipinski definition) is 4. The summed E-state index contributed by atoms with van der Waals surface area (Å²) in [5, 5.41) is 9.57. The molecule has 1 aromatic heterocycles. The molecule has 3 rings (SSSR count). The Kier molecular flexibility index (Phi) is 4.39. The molecule has 0 unspecified atom stereocenters. The Bertz CT molecular complexity index is 616. The van der Waals surface area contributed by atoms with E-state index >= 15 is 0 Å². The molecule has 1 fully saturated rings. The largest absolute Gasteiger partial charge is 0.393 e. The number of aliphatic hydroxyl groups excluding tert-OH is 1. The van der Waals surface area contributed by atoms with E-state index in [0.29, 0.717) is 5.92 Å². The zero-order chi connectivity index (χ0) is 15.5. The molecule has 1 aliphatic rings. The Morgan fingerprint density at radius 1 is 1.09 bits per heavy atom. The minimum absolute atomic E-state index is 0.172. The van der Waals surface area contributed by atoms with Crippen LogP contribution >= 0.6 is 0 Å². The van der Waals surface area contributed by atoms with Gasteiger partial charge in [0.2, 0.25) is 5.95 Å². The van der Waals surface area contributed by atoms with Crippen molar-refractivity contribution in [3.63, 3.8) is 0 Å². The molecule has 0 spiro atoms. The van der Waals surface area contributed by atoms with Crippen molar-refractivity contribution in [2.24, 2.45) is 0 Å². The van der Waals surface area contributed by atoms with E-state index in [2.05, 4.69) is 53.0 Å². The molecule has 1 aromatic carbocycles. The summed E-state index contributed by atoms with van der Waals surface area (Å²) in [5.41, 5.74) is 3.53. The van der Waals surface area contributed by atoms with E-state index in [1.807, 2.05) is 12.4 Å². The average molecular weight is 297 g/mol. The zero-order valence-corrected chi connectivity index (χ0v) is 13.2. The van der Waals surface area contributed by atoms with Crippen LogP contribution in [0.1, 0.15) is 38.2 Å². The molecule has 1 N–H and O–H groups in total. The minimum Gasteiger partial charge on any atom is -0.393 e. The lowest BCUT2D eigenvalue weighted by atomic mass is 9.99. The first-order valence-corrected chi connectivity index (χ1v) is 7.99. The van der Waals surface area contributed by atoms with Crippen LogP contribution in [0, 0.1) is 0 Å². The van der Waals surface area contributed by atoms with Crippen LogP contribution in [0.2, 0.25) is 0 Å². The summed E-state index contributed by atoms with van der Waals surface area (Å²) in [6, 6.07) is 8.55. The van der Waals surface area contributed by atoms with Crippen molar-refractivity contribution in [2.45, 2.75) is 38.7 Å². The van der Waals surface area contributed by atoms with Crippen molar-refractivity contribution in [3.05, 3.63) is 42.2 Å². The summed E-state index contributed by atoms with van der Waals surface area (Å²) >= 11 is 0. The second-order valence-corrected chi connectivity index (χ2v) is 6.27. The van der Waals surface area contributed by atoms with Crippen LogP contribution in [-0.4, -0.2) is 34.3 Å². The van der Waals surface area contributed by atoms with Crippen LogP contribution in [0.15, 0.2) is 36.7 Å². The van der Waals surface area contributed by atoms with Gasteiger partial charge in [0.1, 0.15) is 0 Å². The zero-order valence-electron chi connectivity index (χ0n) is 13.2. The van der Waals surface area contributed by atoms with E-state index in [1.165, 1.54) is 5.56 Å². The van der Waals surface area contributed by atoms with E-state index in [4.69, 9.17) is 0 Å². The van der Waals surface area contributed by atoms with Crippen molar-refractivity contribution >= 4 is 5.95 Å². The van der Waals surface area contributed by atoms with Gasteiger partial charge < -0.3 is 10.0 Å². The van der Waals surface area contributed by atoms with Crippen molar-refractivity contribution in [1.29, 1.82) is 0 Å². The van der Waals surface area contributed by atoms with Gasteiger partial charge in [-0.15, -0.1) is 0 Å². The van der Waals surface area contributed by atoms with Crippen molar-refractivity contribution in [2.75, 3.05) is 18.0 Å². The molecule has 0 bridgehead atoms. The maximum absolute atomic E-state index is 9.57. The number of aliphatic hydroxyl groups is 1. The fourth-order valence-electron chi connectivity index (χ4n) is 2.78. The summed E-state index contributed by atoms with van der Waals surface area (Å²) in [6.07, 6.45) is 5.21. The van der Waals surface area contributed by atoms with Gasteiger partial charge in [0.15, 0.2) is 0 Å². The molecule has 0 aliphatic carbocycles. The highest BCUT2D eigenvalue weighted by Crippen LogP contribution is 2.24. The Morgan fingerprint density at radius 2 is 1.77 bits per heavy atom. The van der Waals surface area contributed by atoms with Crippen molar-refractivity contribution < 1.29 is 5.11 Å². The van der Waals surface area contributed by atoms with E-state index in [9.17, 15) is 5.11 Å². The van der Waals surface area contributed by atoms with Gasteiger partial charge in [-0.05, 0) is 29.9 Å². The monoisotopic (exact) mass is 297 g/mol. The number of nitrogens with zero attached hydrogens (tertiary/aromatic N) is 3. The lowest BCUT2D eigenvalue weighted by molar-refractivity contribution is 0.145. The Labute approximate surface area is 131 Å². The SMILES string of the molecule is CC(C)c1cccc(-c2cnc(N3CCC(O)CC3)nc2)c1. The maximum atomic E-state index is 9.57. The molecule has 1 saturated heterocycles. The third-order valence-corrected chi connectivity index (χ3v) is 4.27. The quantitative estimate of drug-likeness (QED) is 0.945. The van der Waals surface area contributed by atoms with E-state index in [0.717, 1.165) is 43.0 Å². The van der Waals surface area contributed by atoms with Crippen LogP contribution in [0.3, 0.4) is 0 Å². The van der Waals surface area contributed by atoms with Gasteiger partial charge in [-0.1, -0.05) is 38.1 Å². The number of rotatable bonds is 3. The van der Waals surface area contributed by atoms with Crippen LogP contribution < -0.4 is 4.90 Å². The first kappa shape index (κ1) is 15.0. The first-order chi connectivity index (χ1) is 10.6. The van der Waals surface area contributed by atoms with Gasteiger partial charge in [0.05, 0.1) is 6.10 Å². The van der Waals surface area contributed by atoms with Gasteiger partial charge >= 0.3 is 0 Å². The second-order valence-electron chi connectivity index (χ2n) is 6.27. The van der Waals surface area contributed by atoms with Crippen LogP contribution in [-0.2, 0) is 0 Å². The molecule has 0 atom stereocenters. The van der Waals surface area contributed by atoms with E-state index in [1.54, 1.807) is 0 Å². The highest BCUT2D eigenvalue weighted by molar-refractivity contribution is 5.63. The summed E-state index contributed by atoms with van der Waals surface area (Å²) < 4.78 is 0. The molecule has 0 amide bonds. The second kappa shape index (κ2) is 6.44. The van der Waals surface area contributed by atoms with Gasteiger partial charge in [-0.3, -0.25) is 0 Å². The molecule has 4 heteroatoms. The number of anilines is 1. The van der Waals surface area contributed by atoms with Gasteiger partial charge in [0.25, 0.3) is 0 Å². The smallest absolute Gasteiger partial charge is 0.225 e. The van der Waals surface area contributed by atoms with Gasteiger partial charge in [-0.25, -0.2) is 9.97 Å². The topological polar surface area (TPSA) is 49.2 Å². The Hall–Kier alpha value is -1.94. The molecule has 22 heavy (non-hydrogen) atoms. The van der Waals surface area contributed by atoms with E-state index in [-0.39, 0.29) is 6.10 Å². The maximum Gasteiger partial charge on any atom is 0.225 e. The number of hydrogen-bond donors (Lipinski definition) is 1. The molecular weight excluding hydrogens is 274 g/mol. The number of benzene rings is 1. The van der Waals surface area contributed by atoms with Crippen molar-refractivity contribution in [1.82, 2.24) is 9.97 Å². The minimum atomic E-state index is -0.172. The first-order valence-electron chi connectivity index (χ1n) is 7.99. The predicted octanol–water partition coefficient (Wildman–Crippen LogP) is 3.23. The number of piperidine rings is 1. The Balaban J connectivity index is 1.78. The average Bonchev–Trinajstić information content (AvgIpc) is 2.56. The molecule has 2 aromatic rings. The summed E-state index contributed by atoms with van der Waals surface area (Å²) in [4.78, 5) is 11.2. The van der Waals surface area contributed by atoms with Crippen LogP contribution in [0.4, 0.5) is 5.95 Å². The molecular formula is C18H23N3O.